The molecule has 31 heavy (non-hydrogen) atoms. The summed E-state index contributed by atoms with van der Waals surface area (Å²) in [6.07, 6.45) is -3.50. The Hall–Kier alpha value is -3.51. The predicted octanol–water partition coefficient (Wildman–Crippen LogP) is 3.44. The number of carbonyl (C=O) groups excluding carboxylic acids is 1. The Balaban J connectivity index is 1.86. The zero-order valence-electron chi connectivity index (χ0n) is 15.4. The molecule has 166 valence electrons. The summed E-state index contributed by atoms with van der Waals surface area (Å²) in [6, 6.07) is 2.61. The average Bonchev–Trinajstić information content (AvgIpc) is 2.69. The number of hydrogen-bond acceptors (Lipinski definition) is 6. The minimum Gasteiger partial charge on any atom is -0.482 e. The number of anilines is 1. The summed E-state index contributed by atoms with van der Waals surface area (Å²) in [4.78, 5) is 19.6. The molecule has 0 saturated carbocycles. The third-order valence-corrected chi connectivity index (χ3v) is 3.99. The third-order valence-electron chi connectivity index (χ3n) is 3.99. The molecule has 0 spiro atoms. The molecule has 0 radical (unpaired) electrons. The first-order valence-electron chi connectivity index (χ1n) is 8.55. The van der Waals surface area contributed by atoms with Crippen molar-refractivity contribution in [2.24, 2.45) is 10.7 Å². The second-order valence-corrected chi connectivity index (χ2v) is 6.36. The van der Waals surface area contributed by atoms with Gasteiger partial charge in [0.15, 0.2) is 30.7 Å². The summed E-state index contributed by atoms with van der Waals surface area (Å²) in [5.41, 5.74) is 4.11. The van der Waals surface area contributed by atoms with Crippen molar-refractivity contribution >= 4 is 17.6 Å². The highest BCUT2D eigenvalue weighted by Crippen LogP contribution is 2.39. The molecule has 2 aromatic rings. The smallest absolute Gasteiger partial charge is 0.422 e. The zero-order chi connectivity index (χ0) is 22.8. The van der Waals surface area contributed by atoms with Gasteiger partial charge in [0, 0.05) is 17.4 Å². The summed E-state index contributed by atoms with van der Waals surface area (Å²) < 4.78 is 88.8. The molecule has 1 unspecified atom stereocenters. The fourth-order valence-electron chi connectivity index (χ4n) is 2.66. The summed E-state index contributed by atoms with van der Waals surface area (Å²) in [6.45, 7) is -2.77. The van der Waals surface area contributed by atoms with Crippen molar-refractivity contribution in [3.8, 4) is 5.75 Å². The maximum Gasteiger partial charge on any atom is 0.422 e. The number of nitrogens with zero attached hydrogens (tertiary/aromatic N) is 2. The molecule has 1 atom stereocenters. The van der Waals surface area contributed by atoms with E-state index in [1.54, 1.807) is 0 Å². The van der Waals surface area contributed by atoms with Crippen molar-refractivity contribution in [1.29, 1.82) is 0 Å². The molecule has 1 aromatic carbocycles. The first-order chi connectivity index (χ1) is 14.5. The number of nitrogens with one attached hydrogen (secondary N) is 1. The normalized spacial score (nSPS) is 18.0. The Labute approximate surface area is 170 Å². The zero-order valence-corrected chi connectivity index (χ0v) is 15.4. The Morgan fingerprint density at radius 2 is 2.06 bits per heavy atom. The number of halogens is 6. The molecule has 2 heterocycles. The number of alkyl halides is 5. The van der Waals surface area contributed by atoms with Crippen LogP contribution >= 0.6 is 0 Å². The van der Waals surface area contributed by atoms with Gasteiger partial charge in [-0.25, -0.2) is 23.1 Å². The van der Waals surface area contributed by atoms with E-state index in [-0.39, 0.29) is 5.69 Å². The van der Waals surface area contributed by atoms with Crippen molar-refractivity contribution in [2.75, 3.05) is 18.5 Å². The van der Waals surface area contributed by atoms with E-state index in [0.717, 1.165) is 30.5 Å². The lowest BCUT2D eigenvalue weighted by Gasteiger charge is -2.28. The maximum atomic E-state index is 14.2. The van der Waals surface area contributed by atoms with Crippen LogP contribution in [-0.4, -0.2) is 42.2 Å². The van der Waals surface area contributed by atoms with Crippen LogP contribution in [0, 0.1) is 5.82 Å². The average molecular weight is 448 g/mol. The van der Waals surface area contributed by atoms with Gasteiger partial charge in [-0.1, -0.05) is 0 Å². The summed E-state index contributed by atoms with van der Waals surface area (Å²) in [5.74, 6) is -6.07. The van der Waals surface area contributed by atoms with E-state index in [1.165, 1.54) is 6.07 Å². The van der Waals surface area contributed by atoms with Crippen LogP contribution in [0.4, 0.5) is 32.0 Å². The molecule has 7 nitrogen and oxygen atoms in total. The Morgan fingerprint density at radius 1 is 1.32 bits per heavy atom. The van der Waals surface area contributed by atoms with Gasteiger partial charge in [-0.05, 0) is 30.3 Å². The topological polar surface area (TPSA) is 98.8 Å². The molecular formula is C18H14F6N4O3. The number of amides is 1. The fourth-order valence-corrected chi connectivity index (χ4v) is 2.66. The summed E-state index contributed by atoms with van der Waals surface area (Å²) >= 11 is 0. The van der Waals surface area contributed by atoms with E-state index >= 15 is 0 Å². The van der Waals surface area contributed by atoms with E-state index in [2.05, 4.69) is 24.8 Å². The first-order valence-corrected chi connectivity index (χ1v) is 8.55. The second-order valence-electron chi connectivity index (χ2n) is 6.36. The number of hydrogen-bond donors (Lipinski definition) is 2. The minimum absolute atomic E-state index is 0.134. The van der Waals surface area contributed by atoms with Crippen molar-refractivity contribution in [3.05, 3.63) is 53.6 Å². The van der Waals surface area contributed by atoms with Gasteiger partial charge in [-0.3, -0.25) is 4.79 Å². The van der Waals surface area contributed by atoms with Crippen LogP contribution in [0.3, 0.4) is 0 Å². The van der Waals surface area contributed by atoms with Crippen LogP contribution in [0.5, 0.6) is 5.75 Å². The van der Waals surface area contributed by atoms with Crippen LogP contribution in [0.2, 0.25) is 0 Å². The van der Waals surface area contributed by atoms with E-state index in [0.29, 0.717) is 0 Å². The number of carbonyl (C=O) groups is 1. The molecule has 1 aliphatic rings. The van der Waals surface area contributed by atoms with Crippen LogP contribution in [0.25, 0.3) is 0 Å². The van der Waals surface area contributed by atoms with Crippen molar-refractivity contribution in [2.45, 2.75) is 18.1 Å². The van der Waals surface area contributed by atoms with Crippen molar-refractivity contribution < 1.29 is 40.6 Å². The fraction of sp³-hybridized carbons (Fsp3) is 0.278. The first kappa shape index (κ1) is 22.2. The largest absolute Gasteiger partial charge is 0.482 e. The number of amidine groups is 1. The molecule has 1 aliphatic heterocycles. The van der Waals surface area contributed by atoms with Crippen LogP contribution in [-0.2, 0) is 4.74 Å². The Kier molecular flexibility index (Phi) is 5.95. The van der Waals surface area contributed by atoms with Crippen molar-refractivity contribution in [3.63, 3.8) is 0 Å². The predicted molar refractivity (Wildman–Crippen MR) is 95.4 cm³/mol. The van der Waals surface area contributed by atoms with Crippen molar-refractivity contribution in [1.82, 2.24) is 4.98 Å². The van der Waals surface area contributed by atoms with Gasteiger partial charge < -0.3 is 20.5 Å². The Bertz CT molecular complexity index is 1010. The highest BCUT2D eigenvalue weighted by atomic mass is 19.4. The summed E-state index contributed by atoms with van der Waals surface area (Å²) in [5, 5.41) is 2.26. The molecule has 0 saturated heterocycles. The maximum absolute atomic E-state index is 14.2. The van der Waals surface area contributed by atoms with Gasteiger partial charge in [0.2, 0.25) is 0 Å². The lowest BCUT2D eigenvalue weighted by atomic mass is 9.99. The SMILES string of the molecule is NC1=NC(c2cc(NC(=O)c3ncccc3OCC(F)(F)F)ccc2F)C(F)(F)CO1. The van der Waals surface area contributed by atoms with E-state index in [4.69, 9.17) is 5.73 Å². The van der Waals surface area contributed by atoms with Gasteiger partial charge in [-0.15, -0.1) is 0 Å². The van der Waals surface area contributed by atoms with Crippen LogP contribution in [0.1, 0.15) is 22.1 Å². The third kappa shape index (κ3) is 5.35. The molecule has 3 rings (SSSR count). The molecule has 13 heteroatoms. The van der Waals surface area contributed by atoms with Gasteiger partial charge in [0.05, 0.1) is 0 Å². The molecule has 1 amide bonds. The molecule has 0 bridgehead atoms. The van der Waals surface area contributed by atoms with Gasteiger partial charge in [0.1, 0.15) is 5.82 Å². The highest BCUT2D eigenvalue weighted by molar-refractivity contribution is 6.04. The van der Waals surface area contributed by atoms with Crippen LogP contribution < -0.4 is 15.8 Å². The monoisotopic (exact) mass is 448 g/mol. The van der Waals surface area contributed by atoms with Crippen LogP contribution in [0.15, 0.2) is 41.5 Å². The van der Waals surface area contributed by atoms with Gasteiger partial charge in [0.25, 0.3) is 11.9 Å². The molecule has 0 aliphatic carbocycles. The van der Waals surface area contributed by atoms with E-state index in [1.807, 2.05) is 0 Å². The minimum atomic E-state index is -4.65. The standard InChI is InChI=1S/C18H14F6N4O3/c19-11-4-3-9(6-10(11)14-17(20,21)7-31-16(25)28-14)27-15(29)13-12(2-1-5-26-13)30-8-18(22,23)24/h1-6,14H,7-8H2,(H2,25,28)(H,27,29). The lowest BCUT2D eigenvalue weighted by molar-refractivity contribution is -0.153. The highest BCUT2D eigenvalue weighted by Gasteiger charge is 2.46. The number of rotatable bonds is 5. The van der Waals surface area contributed by atoms with E-state index < -0.39 is 66.1 Å². The lowest BCUT2D eigenvalue weighted by Crippen LogP contribution is -2.40. The number of aromatic nitrogens is 1. The van der Waals surface area contributed by atoms with Gasteiger partial charge >= 0.3 is 12.1 Å². The second kappa shape index (κ2) is 8.32. The summed E-state index contributed by atoms with van der Waals surface area (Å²) in [7, 11) is 0. The quantitative estimate of drug-likeness (QED) is 0.683. The molecule has 3 N–H and O–H groups in total. The number of ether oxygens (including phenoxy) is 2. The molecular weight excluding hydrogens is 434 g/mol. The number of benzene rings is 1. The number of aliphatic imine (C=N–C) groups is 1. The number of pyridine rings is 1. The number of nitrogens with two attached hydrogens (primary N) is 1. The van der Waals surface area contributed by atoms with Gasteiger partial charge in [-0.2, -0.15) is 13.2 Å². The van der Waals surface area contributed by atoms with E-state index in [9.17, 15) is 31.1 Å². The Morgan fingerprint density at radius 3 is 2.77 bits per heavy atom. The molecule has 0 fully saturated rings. The molecule has 1 aromatic heterocycles.